The van der Waals surface area contributed by atoms with Crippen LogP contribution in [0.25, 0.3) is 21.8 Å². The van der Waals surface area contributed by atoms with E-state index < -0.39 is 0 Å². The lowest BCUT2D eigenvalue weighted by Crippen LogP contribution is -2.25. The number of ether oxygens (including phenoxy) is 2. The standard InChI is InChI=1S/C22H23N5O3.C15H13N5O2/c1-23-21(29)19-12-17(9-10-24-19)30-16-7-8-18-15(11-16)13-25-22(26-18)27-20(28)14-5-3-2-4-6-14;1-17-14(21)13-7-11(4-5-18-13)22-10-2-3-12-9(6-10)8-19-15(16)20-12/h7-14H,2-6H2,1H3,(H,23,29)(H,25,26,27,28);2-8H,1H3,(H,17,21)(H2,16,19,20). The molecule has 1 fully saturated rings. The lowest BCUT2D eigenvalue weighted by Gasteiger charge is -2.20. The molecule has 2 aromatic carbocycles. The highest BCUT2D eigenvalue weighted by molar-refractivity contribution is 5.93. The average molecular weight is 701 g/mol. The average Bonchev–Trinajstić information content (AvgIpc) is 3.18. The van der Waals surface area contributed by atoms with Crippen molar-refractivity contribution in [2.24, 2.45) is 5.92 Å². The lowest BCUT2D eigenvalue weighted by atomic mass is 9.89. The molecular weight excluding hydrogens is 664 g/mol. The number of carbonyl (C=O) groups is 3. The van der Waals surface area contributed by atoms with Crippen LogP contribution in [0.2, 0.25) is 0 Å². The summed E-state index contributed by atoms with van der Waals surface area (Å²) < 4.78 is 11.6. The second-order valence-electron chi connectivity index (χ2n) is 11.8. The molecule has 5 N–H and O–H groups in total. The van der Waals surface area contributed by atoms with Gasteiger partial charge in [-0.2, -0.15) is 0 Å². The molecule has 4 aromatic heterocycles. The van der Waals surface area contributed by atoms with E-state index in [0.717, 1.165) is 42.0 Å². The third-order valence-electron chi connectivity index (χ3n) is 8.19. The number of rotatable bonds is 8. The van der Waals surface area contributed by atoms with Gasteiger partial charge in [0.1, 0.15) is 34.4 Å². The van der Waals surface area contributed by atoms with E-state index in [4.69, 9.17) is 15.2 Å². The smallest absolute Gasteiger partial charge is 0.269 e. The van der Waals surface area contributed by atoms with Crippen LogP contribution >= 0.6 is 0 Å². The fourth-order valence-corrected chi connectivity index (χ4v) is 5.53. The Morgan fingerprint density at radius 3 is 1.73 bits per heavy atom. The van der Waals surface area contributed by atoms with Crippen LogP contribution in [0.15, 0.2) is 85.5 Å². The van der Waals surface area contributed by atoms with Crippen molar-refractivity contribution in [3.63, 3.8) is 0 Å². The molecule has 3 amide bonds. The number of benzene rings is 2. The predicted octanol–water partition coefficient (Wildman–Crippen LogP) is 5.45. The number of aromatic nitrogens is 6. The van der Waals surface area contributed by atoms with Crippen LogP contribution in [0.3, 0.4) is 0 Å². The SMILES string of the molecule is CNC(=O)c1cc(Oc2ccc3nc(N)ncc3c2)ccn1.CNC(=O)c1cc(Oc2ccc3nc(NC(=O)C4CCCCC4)ncc3c2)ccn1. The first-order valence-electron chi connectivity index (χ1n) is 16.6. The van der Waals surface area contributed by atoms with Crippen LogP contribution in [0.1, 0.15) is 53.1 Å². The molecule has 1 saturated carbocycles. The molecule has 7 rings (SSSR count). The van der Waals surface area contributed by atoms with Crippen molar-refractivity contribution in [1.29, 1.82) is 0 Å². The van der Waals surface area contributed by atoms with Crippen molar-refractivity contribution in [1.82, 2.24) is 40.5 Å². The van der Waals surface area contributed by atoms with Crippen molar-refractivity contribution in [2.45, 2.75) is 32.1 Å². The molecule has 0 radical (unpaired) electrons. The minimum absolute atomic E-state index is 0.00129. The number of amides is 3. The minimum atomic E-state index is -0.282. The molecule has 52 heavy (non-hydrogen) atoms. The Balaban J connectivity index is 0.000000187. The zero-order valence-electron chi connectivity index (χ0n) is 28.5. The molecule has 15 heteroatoms. The summed E-state index contributed by atoms with van der Waals surface area (Å²) in [6.45, 7) is 0. The third-order valence-corrected chi connectivity index (χ3v) is 8.19. The molecule has 1 aliphatic carbocycles. The summed E-state index contributed by atoms with van der Waals surface area (Å²) in [7, 11) is 3.10. The number of nitrogens with zero attached hydrogens (tertiary/aromatic N) is 6. The Kier molecular flexibility index (Phi) is 11.0. The Bertz CT molecular complexity index is 2240. The first-order valence-corrected chi connectivity index (χ1v) is 16.6. The van der Waals surface area contributed by atoms with Gasteiger partial charge in [-0.25, -0.2) is 19.9 Å². The quantitative estimate of drug-likeness (QED) is 0.156. The van der Waals surface area contributed by atoms with Crippen molar-refractivity contribution < 1.29 is 23.9 Å². The number of hydrogen-bond acceptors (Lipinski definition) is 12. The van der Waals surface area contributed by atoms with Crippen molar-refractivity contribution in [3.8, 4) is 23.0 Å². The number of pyridine rings is 2. The van der Waals surface area contributed by atoms with E-state index in [0.29, 0.717) is 34.5 Å². The summed E-state index contributed by atoms with van der Waals surface area (Å²) in [6, 6.07) is 17.3. The maximum absolute atomic E-state index is 12.4. The van der Waals surface area contributed by atoms with Gasteiger partial charge in [0.2, 0.25) is 17.8 Å². The van der Waals surface area contributed by atoms with Crippen LogP contribution in [0.4, 0.5) is 11.9 Å². The van der Waals surface area contributed by atoms with Crippen molar-refractivity contribution in [3.05, 3.63) is 96.8 Å². The topological polar surface area (TPSA) is 209 Å². The number of nitrogens with two attached hydrogens (primary N) is 1. The summed E-state index contributed by atoms with van der Waals surface area (Å²) in [5, 5.41) is 9.49. The molecule has 264 valence electrons. The predicted molar refractivity (Wildman–Crippen MR) is 194 cm³/mol. The summed E-state index contributed by atoms with van der Waals surface area (Å²) >= 11 is 0. The number of anilines is 2. The van der Waals surface area contributed by atoms with Gasteiger partial charge in [-0.05, 0) is 61.4 Å². The molecule has 0 spiro atoms. The Morgan fingerprint density at radius 2 is 1.17 bits per heavy atom. The van der Waals surface area contributed by atoms with E-state index in [-0.39, 0.29) is 41.0 Å². The fraction of sp³-hybridized carbons (Fsp3) is 0.216. The van der Waals surface area contributed by atoms with Gasteiger partial charge in [-0.1, -0.05) is 19.3 Å². The van der Waals surface area contributed by atoms with Gasteiger partial charge in [0.15, 0.2) is 0 Å². The van der Waals surface area contributed by atoms with Crippen LogP contribution in [-0.4, -0.2) is 61.7 Å². The molecule has 0 saturated heterocycles. The monoisotopic (exact) mass is 700 g/mol. The first-order chi connectivity index (χ1) is 25.3. The van der Waals surface area contributed by atoms with E-state index in [1.807, 2.05) is 12.1 Å². The maximum atomic E-state index is 12.4. The Labute approximate surface area is 298 Å². The lowest BCUT2D eigenvalue weighted by molar-refractivity contribution is -0.120. The second-order valence-corrected chi connectivity index (χ2v) is 11.8. The van der Waals surface area contributed by atoms with Gasteiger partial charge >= 0.3 is 0 Å². The molecule has 4 heterocycles. The highest BCUT2D eigenvalue weighted by Gasteiger charge is 2.22. The van der Waals surface area contributed by atoms with Crippen LogP contribution in [-0.2, 0) is 4.79 Å². The van der Waals surface area contributed by atoms with E-state index in [1.54, 1.807) is 75.0 Å². The van der Waals surface area contributed by atoms with Gasteiger partial charge < -0.3 is 25.8 Å². The highest BCUT2D eigenvalue weighted by atomic mass is 16.5. The van der Waals surface area contributed by atoms with Crippen LogP contribution < -0.4 is 31.2 Å². The molecule has 0 atom stereocenters. The normalized spacial score (nSPS) is 12.7. The molecular formula is C37H36N10O5. The maximum Gasteiger partial charge on any atom is 0.269 e. The van der Waals surface area contributed by atoms with Crippen molar-refractivity contribution >= 4 is 51.4 Å². The number of hydrogen-bond donors (Lipinski definition) is 4. The summed E-state index contributed by atoms with van der Waals surface area (Å²) in [4.78, 5) is 60.5. The van der Waals surface area contributed by atoms with E-state index >= 15 is 0 Å². The van der Waals surface area contributed by atoms with Gasteiger partial charge in [0.25, 0.3) is 11.8 Å². The van der Waals surface area contributed by atoms with Gasteiger partial charge in [-0.15, -0.1) is 0 Å². The first kappa shape index (κ1) is 35.1. The third kappa shape index (κ3) is 8.87. The van der Waals surface area contributed by atoms with E-state index in [2.05, 4.69) is 45.9 Å². The summed E-state index contributed by atoms with van der Waals surface area (Å²) in [5.41, 5.74) is 7.55. The molecule has 6 aromatic rings. The molecule has 0 unspecified atom stereocenters. The Hall–Kier alpha value is -6.77. The van der Waals surface area contributed by atoms with Crippen LogP contribution in [0.5, 0.6) is 23.0 Å². The second kappa shape index (κ2) is 16.3. The number of nitrogen functional groups attached to an aromatic ring is 1. The number of carbonyl (C=O) groups excluding carboxylic acids is 3. The fourth-order valence-electron chi connectivity index (χ4n) is 5.53. The number of fused-ring (bicyclic) bond motifs is 2. The molecule has 1 aliphatic rings. The van der Waals surface area contributed by atoms with Crippen molar-refractivity contribution in [2.75, 3.05) is 25.1 Å². The highest BCUT2D eigenvalue weighted by Crippen LogP contribution is 2.28. The summed E-state index contributed by atoms with van der Waals surface area (Å²) in [6.07, 6.45) is 11.6. The number of nitrogens with one attached hydrogen (secondary N) is 3. The van der Waals surface area contributed by atoms with Gasteiger partial charge in [-0.3, -0.25) is 29.7 Å². The molecule has 0 aliphatic heterocycles. The zero-order chi connectivity index (χ0) is 36.5. The van der Waals surface area contributed by atoms with Gasteiger partial charge in [0.05, 0.1) is 11.0 Å². The molecule has 15 nitrogen and oxygen atoms in total. The molecule has 0 bridgehead atoms. The largest absolute Gasteiger partial charge is 0.457 e. The van der Waals surface area contributed by atoms with E-state index in [9.17, 15) is 14.4 Å². The van der Waals surface area contributed by atoms with Crippen LogP contribution in [0, 0.1) is 5.92 Å². The van der Waals surface area contributed by atoms with E-state index in [1.165, 1.54) is 18.8 Å². The summed E-state index contributed by atoms with van der Waals surface area (Å²) in [5.74, 6) is 2.25. The minimum Gasteiger partial charge on any atom is -0.457 e. The Morgan fingerprint density at radius 1 is 0.654 bits per heavy atom. The van der Waals surface area contributed by atoms with Gasteiger partial charge in [0, 0.05) is 67.7 Å². The zero-order valence-corrected chi connectivity index (χ0v) is 28.5.